The van der Waals surface area contributed by atoms with Gasteiger partial charge in [0.2, 0.25) is 0 Å². The first-order valence-corrected chi connectivity index (χ1v) is 9.99. The van der Waals surface area contributed by atoms with Gasteiger partial charge in [-0.05, 0) is 40.8 Å². The molecule has 2 heterocycles. The molecule has 32 heavy (non-hydrogen) atoms. The first-order chi connectivity index (χ1) is 15.1. The Kier molecular flexibility index (Phi) is 7.15. The number of rotatable bonds is 6. The van der Waals surface area contributed by atoms with Gasteiger partial charge in [0, 0.05) is 31.4 Å². The van der Waals surface area contributed by atoms with E-state index < -0.39 is 30.6 Å². The van der Waals surface area contributed by atoms with E-state index in [1.807, 2.05) is 17.9 Å². The number of aliphatic hydroxyl groups excluding tert-OH is 1. The van der Waals surface area contributed by atoms with Crippen molar-refractivity contribution >= 4 is 17.6 Å². The fourth-order valence-corrected chi connectivity index (χ4v) is 3.84. The van der Waals surface area contributed by atoms with E-state index in [1.54, 1.807) is 12.1 Å². The highest BCUT2D eigenvalue weighted by Gasteiger charge is 2.28. The average Bonchev–Trinajstić information content (AvgIpc) is 2.71. The molecule has 0 spiro atoms. The van der Waals surface area contributed by atoms with Crippen molar-refractivity contribution in [3.05, 3.63) is 58.9 Å². The zero-order chi connectivity index (χ0) is 23.5. The summed E-state index contributed by atoms with van der Waals surface area (Å²) in [6.07, 6.45) is -4.37. The van der Waals surface area contributed by atoms with E-state index in [0.29, 0.717) is 18.7 Å². The largest absolute Gasteiger partial charge is 0.467 e. The van der Waals surface area contributed by atoms with Crippen LogP contribution in [0, 0.1) is 0 Å². The number of halogens is 3. The molecule has 10 heteroatoms. The van der Waals surface area contributed by atoms with Crippen LogP contribution in [0.1, 0.15) is 39.9 Å². The van der Waals surface area contributed by atoms with E-state index >= 15 is 0 Å². The Morgan fingerprint density at radius 1 is 1.31 bits per heavy atom. The highest BCUT2D eigenvalue weighted by molar-refractivity contribution is 6.04. The smallest absolute Gasteiger partial charge is 0.393 e. The number of fused-ring (bicyclic) bond motifs is 1. The number of aromatic nitrogens is 1. The normalized spacial score (nSPS) is 17.4. The number of hydrogen-bond acceptors (Lipinski definition) is 6. The van der Waals surface area contributed by atoms with Crippen molar-refractivity contribution in [1.29, 1.82) is 0 Å². The number of pyridine rings is 1. The van der Waals surface area contributed by atoms with Crippen LogP contribution in [0.3, 0.4) is 0 Å². The quantitative estimate of drug-likeness (QED) is 0.657. The molecule has 1 aliphatic rings. The topological polar surface area (TPSA) is 91.8 Å². The molecule has 2 atom stereocenters. The minimum atomic E-state index is -4.37. The van der Waals surface area contributed by atoms with Gasteiger partial charge in [0.25, 0.3) is 5.91 Å². The van der Waals surface area contributed by atoms with E-state index in [-0.39, 0.29) is 23.7 Å². The number of esters is 1. The summed E-state index contributed by atoms with van der Waals surface area (Å²) in [5.41, 5.74) is 2.39. The summed E-state index contributed by atoms with van der Waals surface area (Å²) in [5, 5.41) is 12.5. The van der Waals surface area contributed by atoms with Crippen molar-refractivity contribution in [1.82, 2.24) is 9.88 Å². The number of benzene rings is 1. The Bertz CT molecular complexity index is 997. The molecule has 0 fully saturated rings. The van der Waals surface area contributed by atoms with Gasteiger partial charge in [-0.15, -0.1) is 0 Å². The van der Waals surface area contributed by atoms with Gasteiger partial charge in [0.1, 0.15) is 0 Å². The molecular formula is C22H24F3N3O4. The molecule has 1 aromatic carbocycles. The van der Waals surface area contributed by atoms with Gasteiger partial charge < -0.3 is 15.2 Å². The molecule has 0 saturated carbocycles. The number of carbonyl (C=O) groups excluding carboxylic acids is 2. The number of hydrogen-bond donors (Lipinski definition) is 2. The van der Waals surface area contributed by atoms with Crippen LogP contribution in [0.15, 0.2) is 36.7 Å². The standard InChI is InChI=1S/C22H24F3N3O4/c1-13-10-28(12-19(29)21(31)32-2)11-16-6-15(3-4-18(13)16)20(30)27-17-5-14(8-26-9-17)7-22(23,24)25/h3-6,8-9,13,19,29H,7,10-12H2,1-2H3,(H,27,30)/t13-,19-/m0/s1. The Morgan fingerprint density at radius 3 is 2.75 bits per heavy atom. The summed E-state index contributed by atoms with van der Waals surface area (Å²) in [5.74, 6) is -1.07. The molecular weight excluding hydrogens is 427 g/mol. The lowest BCUT2D eigenvalue weighted by molar-refractivity contribution is -0.151. The van der Waals surface area contributed by atoms with Crippen LogP contribution in [0.5, 0.6) is 0 Å². The summed E-state index contributed by atoms with van der Waals surface area (Å²) in [6.45, 7) is 3.17. The molecule has 0 bridgehead atoms. The number of amides is 1. The number of anilines is 1. The van der Waals surface area contributed by atoms with Gasteiger partial charge in [-0.3, -0.25) is 14.7 Å². The Balaban J connectivity index is 1.73. The van der Waals surface area contributed by atoms with Crippen molar-refractivity contribution in [2.75, 3.05) is 25.5 Å². The second-order valence-corrected chi connectivity index (χ2v) is 7.88. The van der Waals surface area contributed by atoms with Gasteiger partial charge in [0.05, 0.1) is 25.4 Å². The molecule has 3 rings (SSSR count). The fraction of sp³-hybridized carbons (Fsp3) is 0.409. The molecule has 172 valence electrons. The minimum Gasteiger partial charge on any atom is -0.467 e. The van der Waals surface area contributed by atoms with Crippen molar-refractivity contribution in [2.24, 2.45) is 0 Å². The monoisotopic (exact) mass is 451 g/mol. The third-order valence-corrected chi connectivity index (χ3v) is 5.22. The fourth-order valence-electron chi connectivity index (χ4n) is 3.84. The molecule has 0 aliphatic carbocycles. The predicted octanol–water partition coefficient (Wildman–Crippen LogP) is 2.89. The van der Waals surface area contributed by atoms with Crippen molar-refractivity contribution < 1.29 is 32.6 Å². The molecule has 2 N–H and O–H groups in total. The number of ether oxygens (including phenoxy) is 1. The second kappa shape index (κ2) is 9.66. The van der Waals surface area contributed by atoms with E-state index in [2.05, 4.69) is 15.0 Å². The lowest BCUT2D eigenvalue weighted by atomic mass is 9.89. The van der Waals surface area contributed by atoms with E-state index in [9.17, 15) is 27.9 Å². The van der Waals surface area contributed by atoms with Crippen LogP contribution in [-0.4, -0.2) is 59.3 Å². The minimum absolute atomic E-state index is 0.0469. The molecule has 2 aromatic rings. The second-order valence-electron chi connectivity index (χ2n) is 7.88. The van der Waals surface area contributed by atoms with Gasteiger partial charge in [-0.25, -0.2) is 4.79 Å². The van der Waals surface area contributed by atoms with Crippen LogP contribution in [0.4, 0.5) is 18.9 Å². The predicted molar refractivity (Wildman–Crippen MR) is 110 cm³/mol. The Labute approximate surface area is 183 Å². The molecule has 1 aliphatic heterocycles. The van der Waals surface area contributed by atoms with E-state index in [1.165, 1.54) is 19.4 Å². The summed E-state index contributed by atoms with van der Waals surface area (Å²) in [7, 11) is 1.21. The summed E-state index contributed by atoms with van der Waals surface area (Å²) >= 11 is 0. The van der Waals surface area contributed by atoms with Gasteiger partial charge >= 0.3 is 12.1 Å². The van der Waals surface area contributed by atoms with E-state index in [4.69, 9.17) is 0 Å². The van der Waals surface area contributed by atoms with Crippen LogP contribution in [0.2, 0.25) is 0 Å². The number of carbonyl (C=O) groups is 2. The molecule has 0 unspecified atom stereocenters. The van der Waals surface area contributed by atoms with Crippen LogP contribution in [-0.2, 0) is 22.5 Å². The summed E-state index contributed by atoms with van der Waals surface area (Å²) in [4.78, 5) is 29.9. The van der Waals surface area contributed by atoms with Crippen LogP contribution >= 0.6 is 0 Å². The number of methoxy groups -OCH3 is 1. The zero-order valence-corrected chi connectivity index (χ0v) is 17.6. The maximum Gasteiger partial charge on any atom is 0.393 e. The van der Waals surface area contributed by atoms with Crippen LogP contribution in [0.25, 0.3) is 0 Å². The van der Waals surface area contributed by atoms with Crippen LogP contribution < -0.4 is 5.32 Å². The molecule has 0 saturated heterocycles. The third-order valence-electron chi connectivity index (χ3n) is 5.22. The maximum atomic E-state index is 12.7. The number of alkyl halides is 3. The summed E-state index contributed by atoms with van der Waals surface area (Å²) < 4.78 is 42.4. The number of aliphatic hydroxyl groups is 1. The van der Waals surface area contributed by atoms with Crippen molar-refractivity contribution in [3.63, 3.8) is 0 Å². The highest BCUT2D eigenvalue weighted by Crippen LogP contribution is 2.29. The van der Waals surface area contributed by atoms with Gasteiger partial charge in [0.15, 0.2) is 6.10 Å². The number of β-amino-alcohol motifs (C(OH)–C–C–N with tert-alkyl or cyclic N) is 1. The highest BCUT2D eigenvalue weighted by atomic mass is 19.4. The molecule has 1 aromatic heterocycles. The first kappa shape index (κ1) is 23.7. The molecule has 7 nitrogen and oxygen atoms in total. The lowest BCUT2D eigenvalue weighted by Crippen LogP contribution is -2.41. The summed E-state index contributed by atoms with van der Waals surface area (Å²) in [6, 6.07) is 6.47. The average molecular weight is 451 g/mol. The lowest BCUT2D eigenvalue weighted by Gasteiger charge is -2.34. The SMILES string of the molecule is COC(=O)[C@@H](O)CN1Cc2cc(C(=O)Nc3cncc(CC(F)(F)F)c3)ccc2[C@@H](C)C1. The van der Waals surface area contributed by atoms with Gasteiger partial charge in [-0.1, -0.05) is 13.0 Å². The Morgan fingerprint density at radius 2 is 2.06 bits per heavy atom. The van der Waals surface area contributed by atoms with Crippen molar-refractivity contribution in [3.8, 4) is 0 Å². The van der Waals surface area contributed by atoms with Gasteiger partial charge in [-0.2, -0.15) is 13.2 Å². The number of nitrogens with zero attached hydrogens (tertiary/aromatic N) is 2. The van der Waals surface area contributed by atoms with E-state index in [0.717, 1.165) is 17.3 Å². The molecule has 0 radical (unpaired) electrons. The maximum absolute atomic E-state index is 12.7. The first-order valence-electron chi connectivity index (χ1n) is 9.99. The Hall–Kier alpha value is -2.98. The number of nitrogens with one attached hydrogen (secondary N) is 1. The molecule has 1 amide bonds. The zero-order valence-electron chi connectivity index (χ0n) is 17.6. The third kappa shape index (κ3) is 6.04. The van der Waals surface area contributed by atoms with Crippen molar-refractivity contribution in [2.45, 2.75) is 38.1 Å².